The highest BCUT2D eigenvalue weighted by Crippen LogP contribution is 2.19. The van der Waals surface area contributed by atoms with Crippen LogP contribution >= 0.6 is 0 Å². The molecule has 0 spiro atoms. The van der Waals surface area contributed by atoms with Gasteiger partial charge in [0.25, 0.3) is 0 Å². The van der Waals surface area contributed by atoms with Gasteiger partial charge in [-0.1, -0.05) is 25.5 Å². The summed E-state index contributed by atoms with van der Waals surface area (Å²) < 4.78 is 25.7. The zero-order valence-electron chi connectivity index (χ0n) is 13.6. The second-order valence-electron chi connectivity index (χ2n) is 5.33. The maximum atomic E-state index is 12.2. The van der Waals surface area contributed by atoms with E-state index in [2.05, 4.69) is 0 Å². The Kier molecular flexibility index (Phi) is 6.61. The van der Waals surface area contributed by atoms with E-state index in [1.165, 1.54) is 17.4 Å². The number of ketones is 1. The van der Waals surface area contributed by atoms with E-state index in [0.717, 1.165) is 6.42 Å². The van der Waals surface area contributed by atoms with Crippen molar-refractivity contribution in [2.24, 2.45) is 0 Å². The number of benzene rings is 1. The van der Waals surface area contributed by atoms with Gasteiger partial charge >= 0.3 is 0 Å². The van der Waals surface area contributed by atoms with E-state index < -0.39 is 10.0 Å². The lowest BCUT2D eigenvalue weighted by atomic mass is 10.1. The number of anilines is 1. The molecule has 1 rings (SSSR count). The van der Waals surface area contributed by atoms with E-state index in [-0.39, 0.29) is 11.5 Å². The molecular formula is C16H24N2O3S. The van der Waals surface area contributed by atoms with Crippen molar-refractivity contribution in [3.63, 3.8) is 0 Å². The molecule has 6 heteroatoms. The molecule has 22 heavy (non-hydrogen) atoms. The second-order valence-corrected chi connectivity index (χ2v) is 7.45. The number of carbonyl (C=O) groups excluding carboxylic acids is 1. The van der Waals surface area contributed by atoms with Crippen molar-refractivity contribution in [2.45, 2.75) is 19.8 Å². The molecule has 1 aromatic carbocycles. The molecule has 0 fully saturated rings. The van der Waals surface area contributed by atoms with Gasteiger partial charge in [-0.3, -0.25) is 9.10 Å². The normalized spacial score (nSPS) is 11.6. The Labute approximate surface area is 133 Å². The van der Waals surface area contributed by atoms with E-state index in [1.807, 2.05) is 21.0 Å². The highest BCUT2D eigenvalue weighted by atomic mass is 32.2. The van der Waals surface area contributed by atoms with Crippen LogP contribution < -0.4 is 4.31 Å². The van der Waals surface area contributed by atoms with Crippen molar-refractivity contribution in [3.8, 4) is 0 Å². The Hall–Kier alpha value is -1.82. The van der Waals surface area contributed by atoms with Crippen LogP contribution in [0.4, 0.5) is 5.69 Å². The third-order valence-corrected chi connectivity index (χ3v) is 5.04. The van der Waals surface area contributed by atoms with Gasteiger partial charge in [0, 0.05) is 39.0 Å². The van der Waals surface area contributed by atoms with Crippen molar-refractivity contribution in [1.29, 1.82) is 0 Å². The van der Waals surface area contributed by atoms with Crippen LogP contribution in [-0.4, -0.2) is 46.0 Å². The number of hydrogen-bond acceptors (Lipinski definition) is 4. The predicted molar refractivity (Wildman–Crippen MR) is 90.7 cm³/mol. The molecule has 0 N–H and O–H groups in total. The molecule has 0 aliphatic heterocycles. The molecule has 0 aliphatic carbocycles. The summed E-state index contributed by atoms with van der Waals surface area (Å²) >= 11 is 0. The summed E-state index contributed by atoms with van der Waals surface area (Å²) in [4.78, 5) is 13.8. The molecule has 0 heterocycles. The van der Waals surface area contributed by atoms with Gasteiger partial charge in [0.2, 0.25) is 10.0 Å². The summed E-state index contributed by atoms with van der Waals surface area (Å²) in [7, 11) is 1.83. The van der Waals surface area contributed by atoms with Crippen LogP contribution in [0.25, 0.3) is 0 Å². The summed E-state index contributed by atoms with van der Waals surface area (Å²) in [6.07, 6.45) is 4.57. The van der Waals surface area contributed by atoms with E-state index in [4.69, 9.17) is 0 Å². The number of unbranched alkanes of at least 4 members (excludes halogenated alkanes) is 1. The third-order valence-electron chi connectivity index (χ3n) is 3.19. The van der Waals surface area contributed by atoms with Gasteiger partial charge in [0.1, 0.15) is 0 Å². The molecule has 0 unspecified atom stereocenters. The Morgan fingerprint density at radius 3 is 2.50 bits per heavy atom. The van der Waals surface area contributed by atoms with Crippen LogP contribution in [0.3, 0.4) is 0 Å². The van der Waals surface area contributed by atoms with Crippen LogP contribution in [-0.2, 0) is 10.0 Å². The Morgan fingerprint density at radius 1 is 1.23 bits per heavy atom. The molecule has 0 amide bonds. The first-order valence-corrected chi connectivity index (χ1v) is 8.84. The third kappa shape index (κ3) is 5.18. The fraction of sp³-hybridized carbons (Fsp3) is 0.438. The van der Waals surface area contributed by atoms with Crippen LogP contribution in [0.1, 0.15) is 30.1 Å². The van der Waals surface area contributed by atoms with E-state index in [1.54, 1.807) is 35.4 Å². The van der Waals surface area contributed by atoms with Crippen molar-refractivity contribution < 1.29 is 13.2 Å². The van der Waals surface area contributed by atoms with E-state index in [0.29, 0.717) is 17.7 Å². The molecule has 5 nitrogen and oxygen atoms in total. The fourth-order valence-corrected chi connectivity index (χ4v) is 3.15. The van der Waals surface area contributed by atoms with E-state index >= 15 is 0 Å². The highest BCUT2D eigenvalue weighted by molar-refractivity contribution is 7.92. The predicted octanol–water partition coefficient (Wildman–Crippen LogP) is 2.51. The number of hydrogen-bond donors (Lipinski definition) is 0. The summed E-state index contributed by atoms with van der Waals surface area (Å²) in [6.45, 7) is 1.95. The summed E-state index contributed by atoms with van der Waals surface area (Å²) in [5.41, 5.74) is 0.966. The molecule has 0 aliphatic rings. The molecule has 0 saturated carbocycles. The zero-order valence-corrected chi connectivity index (χ0v) is 14.4. The SMILES string of the molecule is CCCCS(=O)(=O)N(C)c1cccc(C(=O)/C=C/N(C)C)c1. The quantitative estimate of drug-likeness (QED) is 0.544. The highest BCUT2D eigenvalue weighted by Gasteiger charge is 2.18. The topological polar surface area (TPSA) is 57.7 Å². The second kappa shape index (κ2) is 7.98. The first-order valence-electron chi connectivity index (χ1n) is 7.23. The minimum absolute atomic E-state index is 0.110. The van der Waals surface area contributed by atoms with E-state index in [9.17, 15) is 13.2 Å². The molecule has 0 radical (unpaired) electrons. The van der Waals surface area contributed by atoms with Crippen LogP contribution in [0.2, 0.25) is 0 Å². The first kappa shape index (κ1) is 18.2. The lowest BCUT2D eigenvalue weighted by molar-refractivity contribution is 0.104. The maximum absolute atomic E-state index is 12.2. The van der Waals surface area contributed by atoms with Crippen molar-refractivity contribution in [1.82, 2.24) is 4.90 Å². The van der Waals surface area contributed by atoms with Crippen LogP contribution in [0.5, 0.6) is 0 Å². The Morgan fingerprint density at radius 2 is 1.91 bits per heavy atom. The molecule has 122 valence electrons. The number of nitrogens with zero attached hydrogens (tertiary/aromatic N) is 2. The van der Waals surface area contributed by atoms with Gasteiger partial charge in [0.15, 0.2) is 5.78 Å². The standard InChI is InChI=1S/C16H24N2O3S/c1-5-6-12-22(20,21)18(4)15-9-7-8-14(13-15)16(19)10-11-17(2)3/h7-11,13H,5-6,12H2,1-4H3/b11-10+. The number of allylic oxidation sites excluding steroid dienone is 1. The fourth-order valence-electron chi connectivity index (χ4n) is 1.79. The summed E-state index contributed by atoms with van der Waals surface area (Å²) in [5, 5.41) is 0. The zero-order chi connectivity index (χ0) is 16.8. The summed E-state index contributed by atoms with van der Waals surface area (Å²) in [5.74, 6) is -0.0477. The molecular weight excluding hydrogens is 300 g/mol. The van der Waals surface area contributed by atoms with Crippen LogP contribution in [0, 0.1) is 0 Å². The maximum Gasteiger partial charge on any atom is 0.234 e. The molecule has 0 saturated heterocycles. The Bertz CT molecular complexity index is 637. The van der Waals surface area contributed by atoms with Gasteiger partial charge in [-0.15, -0.1) is 0 Å². The van der Waals surface area contributed by atoms with Gasteiger partial charge in [-0.2, -0.15) is 0 Å². The van der Waals surface area contributed by atoms with Crippen molar-refractivity contribution >= 4 is 21.5 Å². The lowest BCUT2D eigenvalue weighted by Gasteiger charge is -2.19. The average molecular weight is 324 g/mol. The number of rotatable bonds is 8. The first-order chi connectivity index (χ1) is 10.3. The summed E-state index contributed by atoms with van der Waals surface area (Å²) in [6, 6.07) is 6.66. The number of sulfonamides is 1. The Balaban J connectivity index is 2.99. The monoisotopic (exact) mass is 324 g/mol. The van der Waals surface area contributed by atoms with Gasteiger partial charge in [-0.05, 0) is 18.6 Å². The van der Waals surface area contributed by atoms with Crippen molar-refractivity contribution in [3.05, 3.63) is 42.1 Å². The molecule has 0 aromatic heterocycles. The smallest absolute Gasteiger partial charge is 0.234 e. The molecule has 0 atom stereocenters. The average Bonchev–Trinajstić information content (AvgIpc) is 2.49. The minimum atomic E-state index is -3.35. The van der Waals surface area contributed by atoms with Crippen molar-refractivity contribution in [2.75, 3.05) is 31.2 Å². The van der Waals surface area contributed by atoms with Gasteiger partial charge in [0.05, 0.1) is 11.4 Å². The molecule has 0 bridgehead atoms. The number of carbonyl (C=O) groups is 1. The largest absolute Gasteiger partial charge is 0.383 e. The van der Waals surface area contributed by atoms with Gasteiger partial charge in [-0.25, -0.2) is 8.42 Å². The van der Waals surface area contributed by atoms with Gasteiger partial charge < -0.3 is 4.90 Å². The minimum Gasteiger partial charge on any atom is -0.383 e. The van der Waals surface area contributed by atoms with Crippen LogP contribution in [0.15, 0.2) is 36.5 Å². The lowest BCUT2D eigenvalue weighted by Crippen LogP contribution is -2.29. The molecule has 1 aromatic rings.